The number of nitrogens with one attached hydrogen (secondary N) is 2. The largest absolute Gasteiger partial charge is 0.497 e. The maximum Gasteiger partial charge on any atom is 0.254 e. The second kappa shape index (κ2) is 9.21. The van der Waals surface area contributed by atoms with E-state index >= 15 is 0 Å². The number of nitrogens with zero attached hydrogens (tertiary/aromatic N) is 1. The number of halogens is 1. The van der Waals surface area contributed by atoms with Crippen LogP contribution in [0.15, 0.2) is 47.3 Å². The summed E-state index contributed by atoms with van der Waals surface area (Å²) in [4.78, 5) is 33.1. The van der Waals surface area contributed by atoms with E-state index in [2.05, 4.69) is 15.3 Å². The van der Waals surface area contributed by atoms with Gasteiger partial charge in [-0.3, -0.25) is 9.59 Å². The van der Waals surface area contributed by atoms with Crippen molar-refractivity contribution in [2.24, 2.45) is 5.92 Å². The van der Waals surface area contributed by atoms with Crippen molar-refractivity contribution in [1.82, 2.24) is 9.97 Å². The number of carbonyl (C=O) groups excluding carboxylic acids is 1. The molecule has 0 bridgehead atoms. The van der Waals surface area contributed by atoms with Gasteiger partial charge in [-0.25, -0.2) is 9.37 Å². The van der Waals surface area contributed by atoms with Gasteiger partial charge in [0.05, 0.1) is 25.6 Å². The number of rotatable bonds is 5. The van der Waals surface area contributed by atoms with Crippen LogP contribution in [0.5, 0.6) is 11.5 Å². The molecule has 1 heterocycles. The maximum atomic E-state index is 13.2. The molecular weight excluding hydrogens is 413 g/mol. The molecule has 1 aliphatic carbocycles. The van der Waals surface area contributed by atoms with Gasteiger partial charge in [0.2, 0.25) is 5.91 Å². The molecule has 1 atom stereocenters. The molecule has 0 aliphatic heterocycles. The summed E-state index contributed by atoms with van der Waals surface area (Å²) in [5, 5.41) is 2.93. The summed E-state index contributed by atoms with van der Waals surface area (Å²) in [5.74, 6) is 0.789. The van der Waals surface area contributed by atoms with Crippen molar-refractivity contribution in [2.75, 3.05) is 19.5 Å². The van der Waals surface area contributed by atoms with E-state index < -0.39 is 0 Å². The first-order chi connectivity index (χ1) is 15.5. The van der Waals surface area contributed by atoms with E-state index in [-0.39, 0.29) is 23.2 Å². The average Bonchev–Trinajstić information content (AvgIpc) is 3.03. The fraction of sp³-hybridized carbons (Fsp3) is 0.292. The van der Waals surface area contributed by atoms with Crippen LogP contribution in [-0.4, -0.2) is 30.1 Å². The van der Waals surface area contributed by atoms with Crippen LogP contribution < -0.4 is 20.3 Å². The number of hydrogen-bond acceptors (Lipinski definition) is 5. The van der Waals surface area contributed by atoms with Gasteiger partial charge in [-0.05, 0) is 62.1 Å². The van der Waals surface area contributed by atoms with Gasteiger partial charge in [0.1, 0.15) is 23.1 Å². The average molecular weight is 437 g/mol. The van der Waals surface area contributed by atoms with Crippen molar-refractivity contribution in [3.05, 3.63) is 69.9 Å². The highest BCUT2D eigenvalue weighted by Gasteiger charge is 2.26. The standard InChI is InChI=1S/C24H24FN3O4/c1-31-17-9-12-20(21(13-17)32-2)27-23(29)15-5-10-18-19(11-6-15)26-22(28-24(18)30)14-3-7-16(25)8-4-14/h3-4,7-9,12-13,15H,5-6,10-11H2,1-2H3,(H,27,29)(H,26,28,30). The quantitative estimate of drug-likeness (QED) is 0.594. The molecule has 0 fully saturated rings. The first-order valence-electron chi connectivity index (χ1n) is 10.4. The Kier molecular flexibility index (Phi) is 6.20. The Hall–Kier alpha value is -3.68. The van der Waals surface area contributed by atoms with Gasteiger partial charge in [0.15, 0.2) is 0 Å². The first-order valence-corrected chi connectivity index (χ1v) is 10.4. The van der Waals surface area contributed by atoms with Crippen LogP contribution in [0.1, 0.15) is 24.1 Å². The Morgan fingerprint density at radius 3 is 2.56 bits per heavy atom. The van der Waals surface area contributed by atoms with Crippen molar-refractivity contribution in [1.29, 1.82) is 0 Å². The highest BCUT2D eigenvalue weighted by molar-refractivity contribution is 5.94. The number of aryl methyl sites for hydroxylation is 1. The van der Waals surface area contributed by atoms with Gasteiger partial charge >= 0.3 is 0 Å². The summed E-state index contributed by atoms with van der Waals surface area (Å²) < 4.78 is 23.8. The van der Waals surface area contributed by atoms with Gasteiger partial charge in [-0.2, -0.15) is 0 Å². The number of ether oxygens (including phenoxy) is 2. The summed E-state index contributed by atoms with van der Waals surface area (Å²) in [6, 6.07) is 11.0. The Balaban J connectivity index is 1.51. The summed E-state index contributed by atoms with van der Waals surface area (Å²) in [6.45, 7) is 0. The van der Waals surface area contributed by atoms with Crippen LogP contribution >= 0.6 is 0 Å². The lowest BCUT2D eigenvalue weighted by atomic mass is 9.98. The maximum absolute atomic E-state index is 13.2. The number of anilines is 1. The molecule has 1 aromatic heterocycles. The molecule has 0 radical (unpaired) electrons. The molecule has 4 rings (SSSR count). The molecule has 32 heavy (non-hydrogen) atoms. The van der Waals surface area contributed by atoms with Gasteiger partial charge in [-0.1, -0.05) is 0 Å². The van der Waals surface area contributed by atoms with Crippen LogP contribution in [0.25, 0.3) is 11.4 Å². The lowest BCUT2D eigenvalue weighted by molar-refractivity contribution is -0.120. The fourth-order valence-corrected chi connectivity index (χ4v) is 3.93. The molecule has 0 spiro atoms. The van der Waals surface area contributed by atoms with Crippen molar-refractivity contribution >= 4 is 11.6 Å². The predicted octanol–water partition coefficient (Wildman–Crippen LogP) is 3.73. The number of amides is 1. The number of aromatic amines is 1. The molecule has 0 saturated carbocycles. The van der Waals surface area contributed by atoms with Crippen LogP contribution in [-0.2, 0) is 17.6 Å². The minimum absolute atomic E-state index is 0.128. The third-order valence-corrected chi connectivity index (χ3v) is 5.73. The van der Waals surface area contributed by atoms with Crippen molar-refractivity contribution in [3.63, 3.8) is 0 Å². The Morgan fingerprint density at radius 1 is 1.09 bits per heavy atom. The second-order valence-electron chi connectivity index (χ2n) is 7.68. The van der Waals surface area contributed by atoms with Gasteiger partial charge in [-0.15, -0.1) is 0 Å². The number of hydrogen-bond donors (Lipinski definition) is 2. The highest BCUT2D eigenvalue weighted by Crippen LogP contribution is 2.31. The lowest BCUT2D eigenvalue weighted by Gasteiger charge is -2.16. The monoisotopic (exact) mass is 437 g/mol. The van der Waals surface area contributed by atoms with E-state index in [0.717, 1.165) is 0 Å². The van der Waals surface area contributed by atoms with E-state index in [1.54, 1.807) is 37.4 Å². The predicted molar refractivity (Wildman–Crippen MR) is 119 cm³/mol. The smallest absolute Gasteiger partial charge is 0.254 e. The normalized spacial score (nSPS) is 15.4. The molecule has 0 saturated heterocycles. The van der Waals surface area contributed by atoms with Crippen LogP contribution in [0.4, 0.5) is 10.1 Å². The molecule has 1 unspecified atom stereocenters. The zero-order chi connectivity index (χ0) is 22.7. The third kappa shape index (κ3) is 4.49. The minimum atomic E-state index is -0.354. The van der Waals surface area contributed by atoms with Crippen LogP contribution in [0.3, 0.4) is 0 Å². The molecule has 7 nitrogen and oxygen atoms in total. The Labute approximate surface area is 184 Å². The molecule has 2 N–H and O–H groups in total. The summed E-state index contributed by atoms with van der Waals surface area (Å²) in [6.07, 6.45) is 2.07. The molecule has 1 amide bonds. The van der Waals surface area contributed by atoms with E-state index in [1.165, 1.54) is 19.2 Å². The summed E-state index contributed by atoms with van der Waals surface area (Å²) >= 11 is 0. The van der Waals surface area contributed by atoms with E-state index in [0.29, 0.717) is 65.5 Å². The lowest BCUT2D eigenvalue weighted by Crippen LogP contribution is -2.23. The second-order valence-corrected chi connectivity index (χ2v) is 7.68. The number of H-pyrrole nitrogens is 1. The van der Waals surface area contributed by atoms with Crippen molar-refractivity contribution in [2.45, 2.75) is 25.7 Å². The third-order valence-electron chi connectivity index (χ3n) is 5.73. The number of fused-ring (bicyclic) bond motifs is 1. The molecular formula is C24H24FN3O4. The van der Waals surface area contributed by atoms with Gasteiger partial charge in [0, 0.05) is 23.1 Å². The Bertz CT molecular complexity index is 1190. The SMILES string of the molecule is COc1ccc(NC(=O)C2CCc3nc(-c4ccc(F)cc4)[nH]c(=O)c3CC2)c(OC)c1. The number of methoxy groups -OCH3 is 2. The van der Waals surface area contributed by atoms with Crippen molar-refractivity contribution < 1.29 is 18.7 Å². The molecule has 1 aliphatic rings. The van der Waals surface area contributed by atoms with Crippen molar-refractivity contribution in [3.8, 4) is 22.9 Å². The minimum Gasteiger partial charge on any atom is -0.497 e. The van der Waals surface area contributed by atoms with Gasteiger partial charge < -0.3 is 19.8 Å². The summed E-state index contributed by atoms with van der Waals surface area (Å²) in [7, 11) is 3.09. The van der Waals surface area contributed by atoms with E-state index in [1.807, 2.05) is 0 Å². The molecule has 2 aromatic carbocycles. The Morgan fingerprint density at radius 2 is 1.84 bits per heavy atom. The van der Waals surface area contributed by atoms with E-state index in [9.17, 15) is 14.0 Å². The highest BCUT2D eigenvalue weighted by atomic mass is 19.1. The fourth-order valence-electron chi connectivity index (χ4n) is 3.93. The molecule has 166 valence electrons. The zero-order valence-corrected chi connectivity index (χ0v) is 17.9. The number of aromatic nitrogens is 2. The van der Waals surface area contributed by atoms with Crippen LogP contribution in [0.2, 0.25) is 0 Å². The number of carbonyl (C=O) groups is 1. The topological polar surface area (TPSA) is 93.3 Å². The summed E-state index contributed by atoms with van der Waals surface area (Å²) in [5.41, 5.74) is 2.27. The first kappa shape index (κ1) is 21.5. The van der Waals surface area contributed by atoms with Crippen LogP contribution in [0, 0.1) is 11.7 Å². The molecule has 3 aromatic rings. The molecule has 8 heteroatoms. The zero-order valence-electron chi connectivity index (χ0n) is 17.9. The van der Waals surface area contributed by atoms with E-state index in [4.69, 9.17) is 9.47 Å². The number of benzene rings is 2. The van der Waals surface area contributed by atoms with Gasteiger partial charge in [0.25, 0.3) is 5.56 Å².